The number of benzene rings is 1. The Bertz CT molecular complexity index is 927. The Morgan fingerprint density at radius 3 is 2.14 bits per heavy atom. The summed E-state index contributed by atoms with van der Waals surface area (Å²) in [7, 11) is 1.54. The third-order valence-electron chi connectivity index (χ3n) is 6.08. The smallest absolute Gasteiger partial charge is 0.410 e. The van der Waals surface area contributed by atoms with Crippen molar-refractivity contribution in [1.29, 1.82) is 0 Å². The summed E-state index contributed by atoms with van der Waals surface area (Å²) in [6.45, 7) is 17.1. The van der Waals surface area contributed by atoms with Crippen molar-refractivity contribution < 1.29 is 28.6 Å². The molecule has 1 amide bonds. The lowest BCUT2D eigenvalue weighted by Crippen LogP contribution is -2.49. The van der Waals surface area contributed by atoms with Gasteiger partial charge >= 0.3 is 12.1 Å². The maximum atomic E-state index is 13.5. The van der Waals surface area contributed by atoms with Crippen molar-refractivity contribution in [2.45, 2.75) is 91.1 Å². The summed E-state index contributed by atoms with van der Waals surface area (Å²) < 4.78 is 17.0. The first-order valence-electron chi connectivity index (χ1n) is 12.6. The molecule has 0 aliphatic carbocycles. The highest BCUT2D eigenvalue weighted by molar-refractivity contribution is 5.86. The van der Waals surface area contributed by atoms with Gasteiger partial charge in [0, 0.05) is 26.0 Å². The maximum absolute atomic E-state index is 13.5. The second-order valence-corrected chi connectivity index (χ2v) is 11.7. The number of hydrogen-bond donors (Lipinski definition) is 0. The van der Waals surface area contributed by atoms with E-state index in [-0.39, 0.29) is 18.2 Å². The van der Waals surface area contributed by atoms with Gasteiger partial charge in [0.2, 0.25) is 0 Å². The molecule has 1 aromatic rings. The van der Waals surface area contributed by atoms with Crippen molar-refractivity contribution in [3.05, 3.63) is 48.0 Å². The fraction of sp³-hybridized carbons (Fsp3) is 0.621. The number of ether oxygens (including phenoxy) is 3. The number of carbonyl (C=O) groups is 3. The molecule has 1 saturated heterocycles. The van der Waals surface area contributed by atoms with E-state index in [2.05, 4.69) is 6.58 Å². The van der Waals surface area contributed by atoms with Gasteiger partial charge in [0.05, 0.1) is 18.1 Å². The Morgan fingerprint density at radius 2 is 1.61 bits per heavy atom. The van der Waals surface area contributed by atoms with Gasteiger partial charge < -0.3 is 14.2 Å². The molecule has 0 aromatic heterocycles. The van der Waals surface area contributed by atoms with E-state index < -0.39 is 41.2 Å². The van der Waals surface area contributed by atoms with Gasteiger partial charge in [-0.15, -0.1) is 0 Å². The number of esters is 1. The maximum Gasteiger partial charge on any atom is 0.410 e. The van der Waals surface area contributed by atoms with Gasteiger partial charge in [-0.3, -0.25) is 14.5 Å². The van der Waals surface area contributed by atoms with Crippen LogP contribution in [0, 0.1) is 11.8 Å². The van der Waals surface area contributed by atoms with Gasteiger partial charge in [-0.05, 0) is 59.9 Å². The summed E-state index contributed by atoms with van der Waals surface area (Å²) in [5, 5.41) is 0. The molecule has 0 radical (unpaired) electrons. The Balaban J connectivity index is 2.22. The van der Waals surface area contributed by atoms with Gasteiger partial charge in [0.15, 0.2) is 0 Å². The summed E-state index contributed by atoms with van der Waals surface area (Å²) in [5.41, 5.74) is 0.533. The number of carbonyl (C=O) groups excluding carboxylic acids is 3. The molecule has 1 heterocycles. The number of methoxy groups -OCH3 is 1. The average Bonchev–Trinajstić information content (AvgIpc) is 3.13. The Hall–Kier alpha value is -2.67. The van der Waals surface area contributed by atoms with Crippen molar-refractivity contribution in [3.8, 4) is 0 Å². The topological polar surface area (TPSA) is 82.1 Å². The largest absolute Gasteiger partial charge is 0.460 e. The Labute approximate surface area is 216 Å². The van der Waals surface area contributed by atoms with Crippen molar-refractivity contribution in [2.24, 2.45) is 11.8 Å². The predicted molar refractivity (Wildman–Crippen MR) is 140 cm³/mol. The molecule has 1 aromatic carbocycles. The second kappa shape index (κ2) is 12.0. The minimum atomic E-state index is -0.659. The highest BCUT2D eigenvalue weighted by atomic mass is 16.6. The average molecular weight is 502 g/mol. The molecule has 0 spiro atoms. The zero-order chi connectivity index (χ0) is 27.3. The monoisotopic (exact) mass is 501 g/mol. The van der Waals surface area contributed by atoms with Crippen LogP contribution in [0.5, 0.6) is 0 Å². The number of rotatable bonds is 9. The molecule has 1 aliphatic heterocycles. The molecule has 0 saturated carbocycles. The number of amides is 1. The lowest BCUT2D eigenvalue weighted by molar-refractivity contribution is -0.161. The molecule has 2 rings (SSSR count). The third-order valence-corrected chi connectivity index (χ3v) is 6.08. The lowest BCUT2D eigenvalue weighted by Gasteiger charge is -2.34. The van der Waals surface area contributed by atoms with Gasteiger partial charge in [-0.2, -0.15) is 0 Å². The van der Waals surface area contributed by atoms with Gasteiger partial charge in [-0.1, -0.05) is 49.4 Å². The molecule has 1 fully saturated rings. The van der Waals surface area contributed by atoms with E-state index in [9.17, 15) is 14.4 Å². The molecule has 7 nitrogen and oxygen atoms in total. The van der Waals surface area contributed by atoms with Gasteiger partial charge in [-0.25, -0.2) is 4.79 Å². The van der Waals surface area contributed by atoms with E-state index in [1.54, 1.807) is 11.8 Å². The molecule has 4 atom stereocenters. The van der Waals surface area contributed by atoms with E-state index in [4.69, 9.17) is 14.2 Å². The van der Waals surface area contributed by atoms with E-state index >= 15 is 0 Å². The summed E-state index contributed by atoms with van der Waals surface area (Å²) in [6, 6.07) is 9.22. The van der Waals surface area contributed by atoms with Crippen LogP contribution in [0.25, 0.3) is 0 Å². The molecular formula is C29H43NO6. The number of nitrogens with zero attached hydrogens (tertiary/aromatic N) is 1. The van der Waals surface area contributed by atoms with Crippen LogP contribution in [-0.4, -0.2) is 59.7 Å². The Kier molecular flexibility index (Phi) is 9.89. The molecule has 0 bridgehead atoms. The molecular weight excluding hydrogens is 458 g/mol. The number of likely N-dealkylation sites (tertiary alicyclic amines) is 1. The highest BCUT2D eigenvalue weighted by Crippen LogP contribution is 2.31. The minimum Gasteiger partial charge on any atom is -0.460 e. The van der Waals surface area contributed by atoms with E-state index in [0.29, 0.717) is 19.4 Å². The van der Waals surface area contributed by atoms with Crippen molar-refractivity contribution in [1.82, 2.24) is 4.90 Å². The number of ketones is 1. The lowest BCUT2D eigenvalue weighted by atomic mass is 9.85. The zero-order valence-corrected chi connectivity index (χ0v) is 23.1. The normalized spacial score (nSPS) is 18.9. The van der Waals surface area contributed by atoms with E-state index in [1.165, 1.54) is 7.11 Å². The first-order chi connectivity index (χ1) is 16.6. The molecule has 0 N–H and O–H groups in total. The first kappa shape index (κ1) is 29.6. The fourth-order valence-electron chi connectivity index (χ4n) is 4.47. The van der Waals surface area contributed by atoms with Crippen LogP contribution in [0.1, 0.15) is 66.9 Å². The van der Waals surface area contributed by atoms with Crippen molar-refractivity contribution >= 4 is 17.8 Å². The zero-order valence-electron chi connectivity index (χ0n) is 23.1. The van der Waals surface area contributed by atoms with Crippen molar-refractivity contribution in [3.63, 3.8) is 0 Å². The highest BCUT2D eigenvalue weighted by Gasteiger charge is 2.43. The van der Waals surface area contributed by atoms with Crippen LogP contribution in [0.3, 0.4) is 0 Å². The van der Waals surface area contributed by atoms with Crippen LogP contribution < -0.4 is 0 Å². The van der Waals surface area contributed by atoms with Crippen molar-refractivity contribution in [2.75, 3.05) is 13.7 Å². The SMILES string of the molecule is C=C1C[C@@H]([C@H](OC)[C@@H](C)C(=O)C[C@@H](Cc2ccccc2)C(=O)OC(C)(C)C)N(C(=O)OC(C)(C)C)C1. The molecule has 200 valence electrons. The number of Topliss-reactive ketones (excluding diaryl/α,β-unsaturated/α-hetero) is 1. The Morgan fingerprint density at radius 1 is 1.03 bits per heavy atom. The summed E-state index contributed by atoms with van der Waals surface area (Å²) in [4.78, 5) is 41.1. The second-order valence-electron chi connectivity index (χ2n) is 11.7. The first-order valence-corrected chi connectivity index (χ1v) is 12.6. The fourth-order valence-corrected chi connectivity index (χ4v) is 4.47. The molecule has 7 heteroatoms. The van der Waals surface area contributed by atoms with Crippen LogP contribution in [0.2, 0.25) is 0 Å². The molecule has 1 aliphatic rings. The molecule has 36 heavy (non-hydrogen) atoms. The quantitative estimate of drug-likeness (QED) is 0.335. The van der Waals surface area contributed by atoms with E-state index in [0.717, 1.165) is 11.1 Å². The summed E-state index contributed by atoms with van der Waals surface area (Å²) in [5.74, 6) is -1.70. The van der Waals surface area contributed by atoms with E-state index in [1.807, 2.05) is 71.9 Å². The predicted octanol–water partition coefficient (Wildman–Crippen LogP) is 5.36. The minimum absolute atomic E-state index is 0.0188. The standard InChI is InChI=1S/C29H43NO6/c1-19-15-23(30(18-19)27(33)36-29(6,7)8)25(34-9)20(2)24(31)17-22(26(32)35-28(3,4)5)16-21-13-11-10-12-14-21/h10-14,20,22-23,25H,1,15-18H2,2-9H3/t20-,22+,23-,25+/m0/s1. The van der Waals surface area contributed by atoms with Crippen LogP contribution in [0.15, 0.2) is 42.5 Å². The summed E-state index contributed by atoms with van der Waals surface area (Å²) >= 11 is 0. The van der Waals surface area contributed by atoms with Gasteiger partial charge in [0.25, 0.3) is 0 Å². The van der Waals surface area contributed by atoms with Gasteiger partial charge in [0.1, 0.15) is 17.0 Å². The van der Waals surface area contributed by atoms with Crippen LogP contribution in [-0.2, 0) is 30.2 Å². The molecule has 0 unspecified atom stereocenters. The van der Waals surface area contributed by atoms with Crippen LogP contribution in [0.4, 0.5) is 4.79 Å². The van der Waals surface area contributed by atoms with Crippen LogP contribution >= 0.6 is 0 Å². The third kappa shape index (κ3) is 8.77. The number of hydrogen-bond acceptors (Lipinski definition) is 6. The summed E-state index contributed by atoms with van der Waals surface area (Å²) in [6.07, 6.45) is -0.0838.